The molecule has 2 aromatic heterocycles. The van der Waals surface area contributed by atoms with E-state index in [9.17, 15) is 0 Å². The van der Waals surface area contributed by atoms with Crippen molar-refractivity contribution in [2.75, 3.05) is 0 Å². The van der Waals surface area contributed by atoms with Crippen LogP contribution in [0.25, 0.3) is 38.8 Å². The Morgan fingerprint density at radius 1 is 0.786 bits per heavy atom. The molecule has 0 aliphatic carbocycles. The zero-order chi connectivity index (χ0) is 18.9. The number of nitrogens with zero attached hydrogens (tertiary/aromatic N) is 3. The van der Waals surface area contributed by atoms with Gasteiger partial charge >= 0.3 is 0 Å². The van der Waals surface area contributed by atoms with Gasteiger partial charge in [-0.3, -0.25) is 4.57 Å². The highest BCUT2D eigenvalue weighted by atomic mass is 15.1. The summed E-state index contributed by atoms with van der Waals surface area (Å²) < 4.78 is 2.32. The molecule has 5 aromatic rings. The van der Waals surface area contributed by atoms with E-state index in [1.165, 1.54) is 38.5 Å². The summed E-state index contributed by atoms with van der Waals surface area (Å²) in [6.07, 6.45) is 3.62. The fourth-order valence-corrected chi connectivity index (χ4v) is 4.68. The van der Waals surface area contributed by atoms with E-state index in [4.69, 9.17) is 4.98 Å². The van der Waals surface area contributed by atoms with Gasteiger partial charge in [0.15, 0.2) is 0 Å². The molecular weight excluding hydrogens is 342 g/mol. The smallest absolute Gasteiger partial charge is 0.145 e. The van der Waals surface area contributed by atoms with E-state index < -0.39 is 0 Å². The van der Waals surface area contributed by atoms with Gasteiger partial charge in [0.2, 0.25) is 0 Å². The van der Waals surface area contributed by atoms with Gasteiger partial charge in [-0.2, -0.15) is 0 Å². The molecule has 3 nitrogen and oxygen atoms in total. The van der Waals surface area contributed by atoms with Crippen molar-refractivity contribution in [1.29, 1.82) is 0 Å². The van der Waals surface area contributed by atoms with Crippen LogP contribution in [-0.2, 0) is 5.41 Å². The number of para-hydroxylation sites is 1. The quantitative estimate of drug-likeness (QED) is 0.373. The van der Waals surface area contributed by atoms with E-state index >= 15 is 0 Å². The molecule has 0 radical (unpaired) electrons. The Morgan fingerprint density at radius 3 is 2.43 bits per heavy atom. The summed E-state index contributed by atoms with van der Waals surface area (Å²) in [6.45, 7) is 4.56. The van der Waals surface area contributed by atoms with Crippen molar-refractivity contribution >= 4 is 21.8 Å². The molecule has 0 saturated carbocycles. The van der Waals surface area contributed by atoms with Crippen LogP contribution in [0.3, 0.4) is 0 Å². The summed E-state index contributed by atoms with van der Waals surface area (Å²) in [4.78, 5) is 9.04. The molecule has 3 aromatic carbocycles. The number of hydrogen-bond acceptors (Lipinski definition) is 2. The molecular formula is C25H19N3. The monoisotopic (exact) mass is 361 g/mol. The van der Waals surface area contributed by atoms with Crippen LogP contribution in [0, 0.1) is 0 Å². The average Bonchev–Trinajstić information content (AvgIpc) is 3.07. The van der Waals surface area contributed by atoms with E-state index in [1.807, 2.05) is 6.20 Å². The molecule has 0 amide bonds. The average molecular weight is 361 g/mol. The van der Waals surface area contributed by atoms with Gasteiger partial charge in [0.1, 0.15) is 12.1 Å². The van der Waals surface area contributed by atoms with Crippen LogP contribution in [0.5, 0.6) is 0 Å². The Balaban J connectivity index is 1.86. The zero-order valence-electron chi connectivity index (χ0n) is 15.8. The van der Waals surface area contributed by atoms with Crippen molar-refractivity contribution in [1.82, 2.24) is 14.5 Å². The van der Waals surface area contributed by atoms with Crippen LogP contribution in [0.1, 0.15) is 25.0 Å². The lowest BCUT2D eigenvalue weighted by molar-refractivity contribution is 0.619. The topological polar surface area (TPSA) is 30.7 Å². The van der Waals surface area contributed by atoms with E-state index in [0.29, 0.717) is 0 Å². The molecule has 0 spiro atoms. The zero-order valence-corrected chi connectivity index (χ0v) is 15.8. The lowest BCUT2D eigenvalue weighted by Gasteiger charge is -2.33. The van der Waals surface area contributed by atoms with Gasteiger partial charge in [-0.15, -0.1) is 0 Å². The van der Waals surface area contributed by atoms with E-state index in [-0.39, 0.29) is 5.41 Å². The van der Waals surface area contributed by atoms with Crippen LogP contribution in [0.2, 0.25) is 0 Å². The molecule has 6 rings (SSSR count). The maximum absolute atomic E-state index is 4.69. The van der Waals surface area contributed by atoms with Crippen molar-refractivity contribution in [3.63, 3.8) is 0 Å². The lowest BCUT2D eigenvalue weighted by atomic mass is 9.75. The van der Waals surface area contributed by atoms with Gasteiger partial charge in [-0.25, -0.2) is 9.97 Å². The largest absolute Gasteiger partial charge is 0.293 e. The molecule has 0 atom stereocenters. The van der Waals surface area contributed by atoms with Gasteiger partial charge in [0.25, 0.3) is 0 Å². The van der Waals surface area contributed by atoms with E-state index in [1.54, 1.807) is 6.33 Å². The Kier molecular flexibility index (Phi) is 2.95. The van der Waals surface area contributed by atoms with Crippen LogP contribution >= 0.6 is 0 Å². The lowest BCUT2D eigenvalue weighted by Crippen LogP contribution is -2.27. The second-order valence-electron chi connectivity index (χ2n) is 8.02. The predicted octanol–water partition coefficient (Wildman–Crippen LogP) is 5.88. The van der Waals surface area contributed by atoms with Crippen molar-refractivity contribution in [2.45, 2.75) is 19.3 Å². The third kappa shape index (κ3) is 1.88. The summed E-state index contributed by atoms with van der Waals surface area (Å²) in [7, 11) is 0. The van der Waals surface area contributed by atoms with E-state index in [0.717, 1.165) is 11.4 Å². The Morgan fingerprint density at radius 2 is 1.57 bits per heavy atom. The molecule has 0 fully saturated rings. The molecule has 0 saturated heterocycles. The maximum atomic E-state index is 4.69. The number of fused-ring (bicyclic) bond motifs is 5. The number of rotatable bonds is 1. The van der Waals surface area contributed by atoms with Gasteiger partial charge in [-0.1, -0.05) is 62.4 Å². The summed E-state index contributed by atoms with van der Waals surface area (Å²) in [6, 6.07) is 23.9. The highest BCUT2D eigenvalue weighted by molar-refractivity contribution is 6.12. The van der Waals surface area contributed by atoms with Gasteiger partial charge in [0, 0.05) is 27.9 Å². The minimum Gasteiger partial charge on any atom is -0.293 e. The van der Waals surface area contributed by atoms with Crippen molar-refractivity contribution in [3.8, 4) is 16.9 Å². The minimum atomic E-state index is -0.177. The highest BCUT2D eigenvalue weighted by Gasteiger charge is 2.36. The van der Waals surface area contributed by atoms with Crippen LogP contribution in [0.15, 0.2) is 79.3 Å². The third-order valence-electron chi connectivity index (χ3n) is 6.13. The minimum absolute atomic E-state index is 0.177. The molecule has 0 unspecified atom stereocenters. The summed E-state index contributed by atoms with van der Waals surface area (Å²) in [5.74, 6) is 0.992. The Bertz CT molecular complexity index is 1380. The van der Waals surface area contributed by atoms with Crippen LogP contribution in [0.4, 0.5) is 0 Å². The number of aromatic nitrogens is 3. The highest BCUT2D eigenvalue weighted by Crippen LogP contribution is 2.47. The molecule has 3 heterocycles. The number of hydrogen-bond donors (Lipinski definition) is 0. The Labute approximate surface area is 163 Å². The van der Waals surface area contributed by atoms with Gasteiger partial charge < -0.3 is 0 Å². The summed E-state index contributed by atoms with van der Waals surface area (Å²) in [5.41, 5.74) is 7.25. The van der Waals surface area contributed by atoms with Crippen molar-refractivity contribution in [3.05, 3.63) is 90.4 Å². The number of benzene rings is 3. The second kappa shape index (κ2) is 5.29. The Hall–Kier alpha value is -3.46. The molecule has 1 aliphatic rings. The first-order valence-corrected chi connectivity index (χ1v) is 9.60. The molecule has 134 valence electrons. The molecule has 3 heteroatoms. The van der Waals surface area contributed by atoms with Crippen molar-refractivity contribution in [2.24, 2.45) is 0 Å². The van der Waals surface area contributed by atoms with E-state index in [2.05, 4.69) is 90.1 Å². The standard InChI is InChI=1S/C25H19N3/c1-25(2)20-13-17(16-8-4-3-5-9-16)12-19-18-10-6-7-11-22(18)28(23(19)20)24-21(25)14-26-15-27-24/h3-15H,1-2H3. The fraction of sp³-hybridized carbons (Fsp3) is 0.120. The first-order chi connectivity index (χ1) is 13.7. The first kappa shape index (κ1) is 15.6. The SMILES string of the molecule is CC1(C)c2cncnc2-n2c3ccccc3c3cc(-c4ccccc4)cc1c32. The second-order valence-corrected chi connectivity index (χ2v) is 8.02. The molecule has 28 heavy (non-hydrogen) atoms. The van der Waals surface area contributed by atoms with Crippen LogP contribution < -0.4 is 0 Å². The summed E-state index contributed by atoms with van der Waals surface area (Å²) in [5, 5.41) is 2.54. The molecule has 0 bridgehead atoms. The normalized spacial score (nSPS) is 14.4. The predicted molar refractivity (Wildman–Crippen MR) is 114 cm³/mol. The van der Waals surface area contributed by atoms with Crippen LogP contribution in [-0.4, -0.2) is 14.5 Å². The third-order valence-corrected chi connectivity index (χ3v) is 6.13. The molecule has 1 aliphatic heterocycles. The first-order valence-electron chi connectivity index (χ1n) is 9.60. The maximum Gasteiger partial charge on any atom is 0.145 e. The van der Waals surface area contributed by atoms with Crippen molar-refractivity contribution < 1.29 is 0 Å². The fourth-order valence-electron chi connectivity index (χ4n) is 4.68. The van der Waals surface area contributed by atoms with Gasteiger partial charge in [-0.05, 0) is 34.9 Å². The summed E-state index contributed by atoms with van der Waals surface area (Å²) >= 11 is 0. The molecule has 0 N–H and O–H groups in total. The van der Waals surface area contributed by atoms with Gasteiger partial charge in [0.05, 0.1) is 11.0 Å².